The molecular formula is C11H13N2O+. The number of H-pyrrole nitrogens is 1. The zero-order valence-corrected chi connectivity index (χ0v) is 8.08. The lowest BCUT2D eigenvalue weighted by molar-refractivity contribution is -0.643. The Morgan fingerprint density at radius 3 is 2.93 bits per heavy atom. The van der Waals surface area contributed by atoms with Crippen LogP contribution in [0.25, 0.3) is 10.9 Å². The summed E-state index contributed by atoms with van der Waals surface area (Å²) in [5.41, 5.74) is 1.98. The maximum atomic E-state index is 11.3. The molecule has 0 saturated heterocycles. The summed E-state index contributed by atoms with van der Waals surface area (Å²) in [6, 6.07) is 9.54. The van der Waals surface area contributed by atoms with Crippen LogP contribution in [0.1, 0.15) is 5.56 Å². The first-order chi connectivity index (χ1) is 6.81. The number of hydrogen-bond acceptors (Lipinski definition) is 1. The second kappa shape index (κ2) is 3.64. The van der Waals surface area contributed by atoms with Gasteiger partial charge in [0.15, 0.2) is 0 Å². The number of hydrogen-bond donors (Lipinski definition) is 2. The maximum absolute atomic E-state index is 11.3. The second-order valence-corrected chi connectivity index (χ2v) is 3.32. The predicted molar refractivity (Wildman–Crippen MR) is 56.1 cm³/mol. The molecule has 0 aliphatic rings. The van der Waals surface area contributed by atoms with Gasteiger partial charge in [-0.3, -0.25) is 4.79 Å². The molecule has 1 heterocycles. The molecule has 3 nitrogen and oxygen atoms in total. The molecule has 0 atom stereocenters. The number of nitrogens with two attached hydrogens (primary N) is 1. The second-order valence-electron chi connectivity index (χ2n) is 3.32. The van der Waals surface area contributed by atoms with Crippen LogP contribution in [0.3, 0.4) is 0 Å². The van der Waals surface area contributed by atoms with E-state index in [1.54, 1.807) is 6.07 Å². The van der Waals surface area contributed by atoms with E-state index >= 15 is 0 Å². The lowest BCUT2D eigenvalue weighted by atomic mass is 10.1. The van der Waals surface area contributed by atoms with Gasteiger partial charge in [0.1, 0.15) is 6.54 Å². The summed E-state index contributed by atoms with van der Waals surface area (Å²) in [5.74, 6) is 0. The van der Waals surface area contributed by atoms with Crippen LogP contribution in [0.5, 0.6) is 0 Å². The van der Waals surface area contributed by atoms with Crippen LogP contribution in [0.4, 0.5) is 0 Å². The molecule has 3 N–H and O–H groups in total. The zero-order chi connectivity index (χ0) is 9.97. The number of aromatic nitrogens is 1. The standard InChI is InChI=1S/C11H12N2O/c1-12-7-8-6-11(14)13-10-5-3-2-4-9(8)10/h2-6,12H,7H2,1H3,(H,13,14)/p+1. The van der Waals surface area contributed by atoms with Crippen LogP contribution in [0.2, 0.25) is 0 Å². The van der Waals surface area contributed by atoms with Crippen molar-refractivity contribution in [2.75, 3.05) is 7.05 Å². The predicted octanol–water partition coefficient (Wildman–Crippen LogP) is 0.221. The van der Waals surface area contributed by atoms with E-state index in [0.717, 1.165) is 23.0 Å². The fraction of sp³-hybridized carbons (Fsp3) is 0.182. The monoisotopic (exact) mass is 189 g/mol. The molecule has 0 amide bonds. The van der Waals surface area contributed by atoms with Crippen molar-refractivity contribution in [3.63, 3.8) is 0 Å². The van der Waals surface area contributed by atoms with Gasteiger partial charge in [-0.1, -0.05) is 18.2 Å². The van der Waals surface area contributed by atoms with Crippen LogP contribution >= 0.6 is 0 Å². The number of nitrogens with one attached hydrogen (secondary N) is 1. The minimum atomic E-state index is -0.0273. The van der Waals surface area contributed by atoms with E-state index in [9.17, 15) is 4.79 Å². The summed E-state index contributed by atoms with van der Waals surface area (Å²) in [6.45, 7) is 0.838. The molecule has 0 unspecified atom stereocenters. The molecule has 1 aromatic heterocycles. The van der Waals surface area contributed by atoms with Gasteiger partial charge in [-0.15, -0.1) is 0 Å². The van der Waals surface area contributed by atoms with E-state index in [4.69, 9.17) is 0 Å². The molecule has 1 aromatic carbocycles. The number of pyridine rings is 1. The van der Waals surface area contributed by atoms with Crippen molar-refractivity contribution in [3.05, 3.63) is 46.2 Å². The summed E-state index contributed by atoms with van der Waals surface area (Å²) >= 11 is 0. The highest BCUT2D eigenvalue weighted by Gasteiger charge is 2.02. The first-order valence-corrected chi connectivity index (χ1v) is 4.70. The molecule has 2 aromatic rings. The quantitative estimate of drug-likeness (QED) is 0.697. The smallest absolute Gasteiger partial charge is 0.248 e. The number of fused-ring (bicyclic) bond motifs is 1. The topological polar surface area (TPSA) is 49.5 Å². The van der Waals surface area contributed by atoms with E-state index in [1.807, 2.05) is 31.3 Å². The third-order valence-electron chi connectivity index (χ3n) is 2.26. The molecule has 2 rings (SSSR count). The molecular weight excluding hydrogens is 176 g/mol. The Labute approximate surface area is 81.8 Å². The molecule has 0 fully saturated rings. The number of aromatic amines is 1. The lowest BCUT2D eigenvalue weighted by Gasteiger charge is -2.02. The number of para-hydroxylation sites is 1. The van der Waals surface area contributed by atoms with Gasteiger partial charge in [-0.25, -0.2) is 0 Å². The van der Waals surface area contributed by atoms with E-state index in [0.29, 0.717) is 0 Å². The highest BCUT2D eigenvalue weighted by molar-refractivity contribution is 5.81. The summed E-state index contributed by atoms with van der Waals surface area (Å²) in [7, 11) is 2.00. The average molecular weight is 189 g/mol. The van der Waals surface area contributed by atoms with E-state index in [1.165, 1.54) is 0 Å². The Kier molecular flexibility index (Phi) is 2.33. The molecule has 0 saturated carbocycles. The fourth-order valence-corrected chi connectivity index (χ4v) is 1.67. The first-order valence-electron chi connectivity index (χ1n) is 4.70. The molecule has 3 heteroatoms. The summed E-state index contributed by atoms with van der Waals surface area (Å²) < 4.78 is 0. The summed E-state index contributed by atoms with van der Waals surface area (Å²) in [4.78, 5) is 14.1. The van der Waals surface area contributed by atoms with Crippen LogP contribution in [-0.2, 0) is 6.54 Å². The third kappa shape index (κ3) is 1.54. The number of rotatable bonds is 2. The van der Waals surface area contributed by atoms with Crippen molar-refractivity contribution in [1.29, 1.82) is 0 Å². The molecule has 0 spiro atoms. The minimum Gasteiger partial charge on any atom is -0.345 e. The van der Waals surface area contributed by atoms with Crippen LogP contribution in [0, 0.1) is 0 Å². The first kappa shape index (κ1) is 8.97. The fourth-order valence-electron chi connectivity index (χ4n) is 1.67. The van der Waals surface area contributed by atoms with Gasteiger partial charge in [0, 0.05) is 22.5 Å². The van der Waals surface area contributed by atoms with Crippen LogP contribution in [0.15, 0.2) is 35.1 Å². The van der Waals surface area contributed by atoms with Gasteiger partial charge in [0.05, 0.1) is 7.05 Å². The van der Waals surface area contributed by atoms with Crippen molar-refractivity contribution in [2.24, 2.45) is 0 Å². The molecule has 0 bridgehead atoms. The molecule has 0 aliphatic carbocycles. The Morgan fingerprint density at radius 1 is 1.36 bits per heavy atom. The van der Waals surface area contributed by atoms with Crippen molar-refractivity contribution in [3.8, 4) is 0 Å². The third-order valence-corrected chi connectivity index (χ3v) is 2.26. The molecule has 14 heavy (non-hydrogen) atoms. The summed E-state index contributed by atoms with van der Waals surface area (Å²) in [6.07, 6.45) is 0. The number of quaternary nitrogens is 1. The van der Waals surface area contributed by atoms with Crippen LogP contribution in [-0.4, -0.2) is 12.0 Å². The van der Waals surface area contributed by atoms with Crippen molar-refractivity contribution in [2.45, 2.75) is 6.54 Å². The van der Waals surface area contributed by atoms with Crippen molar-refractivity contribution < 1.29 is 5.32 Å². The van der Waals surface area contributed by atoms with Gasteiger partial charge in [0.2, 0.25) is 5.56 Å². The normalized spacial score (nSPS) is 10.6. The van der Waals surface area contributed by atoms with Gasteiger partial charge >= 0.3 is 0 Å². The SMILES string of the molecule is C[NH2+]Cc1cc(=O)[nH]c2ccccc12. The lowest BCUT2D eigenvalue weighted by Crippen LogP contribution is -2.77. The van der Waals surface area contributed by atoms with Gasteiger partial charge in [-0.05, 0) is 6.07 Å². The van der Waals surface area contributed by atoms with Crippen LogP contribution < -0.4 is 10.9 Å². The van der Waals surface area contributed by atoms with Crippen molar-refractivity contribution in [1.82, 2.24) is 4.98 Å². The molecule has 0 aliphatic heterocycles. The molecule has 0 radical (unpaired) electrons. The Morgan fingerprint density at radius 2 is 2.14 bits per heavy atom. The molecule has 72 valence electrons. The Balaban J connectivity index is 2.73. The van der Waals surface area contributed by atoms with Gasteiger partial charge in [-0.2, -0.15) is 0 Å². The largest absolute Gasteiger partial charge is 0.345 e. The highest BCUT2D eigenvalue weighted by atomic mass is 16.1. The minimum absolute atomic E-state index is 0.0273. The van der Waals surface area contributed by atoms with Gasteiger partial charge < -0.3 is 10.3 Å². The van der Waals surface area contributed by atoms with E-state index in [2.05, 4.69) is 10.3 Å². The Bertz CT molecular complexity index is 502. The Hall–Kier alpha value is -1.61. The van der Waals surface area contributed by atoms with Crippen molar-refractivity contribution >= 4 is 10.9 Å². The van der Waals surface area contributed by atoms with Gasteiger partial charge in [0.25, 0.3) is 0 Å². The summed E-state index contributed by atoms with van der Waals surface area (Å²) in [5, 5.41) is 3.19. The van der Waals surface area contributed by atoms with E-state index < -0.39 is 0 Å². The highest BCUT2D eigenvalue weighted by Crippen LogP contribution is 2.12. The number of benzene rings is 1. The van der Waals surface area contributed by atoms with E-state index in [-0.39, 0.29) is 5.56 Å². The maximum Gasteiger partial charge on any atom is 0.248 e. The zero-order valence-electron chi connectivity index (χ0n) is 8.08. The average Bonchev–Trinajstić information content (AvgIpc) is 2.18.